The van der Waals surface area contributed by atoms with Crippen molar-refractivity contribution in [2.75, 3.05) is 18.0 Å². The van der Waals surface area contributed by atoms with Gasteiger partial charge in [-0.3, -0.25) is 0 Å². The molecule has 0 atom stereocenters. The Morgan fingerprint density at radius 1 is 1.00 bits per heavy atom. The van der Waals surface area contributed by atoms with Gasteiger partial charge in [0, 0.05) is 43.1 Å². The third-order valence-corrected chi connectivity index (χ3v) is 5.22. The molecule has 0 radical (unpaired) electrons. The van der Waals surface area contributed by atoms with Gasteiger partial charge in [0.15, 0.2) is 0 Å². The van der Waals surface area contributed by atoms with Gasteiger partial charge in [0.1, 0.15) is 5.82 Å². The lowest BCUT2D eigenvalue weighted by Gasteiger charge is -2.34. The van der Waals surface area contributed by atoms with Crippen LogP contribution in [0.25, 0.3) is 11.3 Å². The summed E-state index contributed by atoms with van der Waals surface area (Å²) in [6.45, 7) is 5.05. The minimum absolute atomic E-state index is 0.592. The van der Waals surface area contributed by atoms with Gasteiger partial charge >= 0.3 is 0 Å². The maximum atomic E-state index is 4.56. The zero-order valence-corrected chi connectivity index (χ0v) is 15.8. The average molecular weight is 358 g/mol. The Morgan fingerprint density at radius 3 is 2.59 bits per heavy atom. The van der Waals surface area contributed by atoms with Gasteiger partial charge in [0.05, 0.1) is 5.69 Å². The molecule has 1 aliphatic rings. The minimum atomic E-state index is 0.592. The molecular formula is C23H26N4. The van der Waals surface area contributed by atoms with Crippen molar-refractivity contribution in [3.63, 3.8) is 0 Å². The molecule has 0 bridgehead atoms. The maximum Gasteiger partial charge on any atom is 0.125 e. The van der Waals surface area contributed by atoms with E-state index in [0.29, 0.717) is 6.04 Å². The molecule has 0 amide bonds. The smallest absolute Gasteiger partial charge is 0.125 e. The molecule has 2 heterocycles. The highest BCUT2D eigenvalue weighted by atomic mass is 15.1. The molecule has 0 saturated carbocycles. The lowest BCUT2D eigenvalue weighted by Crippen LogP contribution is -2.42. The summed E-state index contributed by atoms with van der Waals surface area (Å²) in [4.78, 5) is 11.2. The normalized spacial score (nSPS) is 15.1. The van der Waals surface area contributed by atoms with Crippen LogP contribution in [0.5, 0.6) is 0 Å². The number of nitrogens with one attached hydrogen (secondary N) is 1. The molecule has 0 spiro atoms. The van der Waals surface area contributed by atoms with Gasteiger partial charge in [-0.05, 0) is 43.5 Å². The second-order valence-corrected chi connectivity index (χ2v) is 7.17. The number of rotatable bonds is 5. The van der Waals surface area contributed by atoms with Crippen LogP contribution in [0.3, 0.4) is 0 Å². The van der Waals surface area contributed by atoms with Crippen molar-refractivity contribution in [1.29, 1.82) is 0 Å². The molecule has 1 fully saturated rings. The fourth-order valence-corrected chi connectivity index (χ4v) is 3.68. The summed E-state index contributed by atoms with van der Waals surface area (Å²) in [7, 11) is 0. The van der Waals surface area contributed by atoms with Gasteiger partial charge in [0.25, 0.3) is 0 Å². The van der Waals surface area contributed by atoms with Crippen LogP contribution in [-0.2, 0) is 6.54 Å². The molecule has 4 rings (SSSR count). The number of anilines is 1. The van der Waals surface area contributed by atoms with E-state index in [9.17, 15) is 0 Å². The van der Waals surface area contributed by atoms with E-state index >= 15 is 0 Å². The molecule has 0 aliphatic carbocycles. The van der Waals surface area contributed by atoms with Gasteiger partial charge in [-0.25, -0.2) is 9.97 Å². The summed E-state index contributed by atoms with van der Waals surface area (Å²) < 4.78 is 0. The Kier molecular flexibility index (Phi) is 5.45. The van der Waals surface area contributed by atoms with E-state index in [4.69, 9.17) is 0 Å². The molecule has 27 heavy (non-hydrogen) atoms. The molecule has 1 saturated heterocycles. The van der Waals surface area contributed by atoms with Crippen LogP contribution < -0.4 is 10.2 Å². The standard InChI is InChI=1S/C23H26N4/c1-18-24-13-10-23(26-18)20-8-5-9-22(16-20)27-14-11-21(12-15-27)25-17-19-6-3-2-4-7-19/h2-10,13,16,21,25H,11-12,14-15,17H2,1H3. The summed E-state index contributed by atoms with van der Waals surface area (Å²) in [5, 5.41) is 3.71. The van der Waals surface area contributed by atoms with Crippen LogP contribution in [0.15, 0.2) is 66.9 Å². The fourth-order valence-electron chi connectivity index (χ4n) is 3.68. The largest absolute Gasteiger partial charge is 0.371 e. The molecule has 1 aliphatic heterocycles. The second-order valence-electron chi connectivity index (χ2n) is 7.17. The Bertz CT molecular complexity index is 870. The lowest BCUT2D eigenvalue weighted by molar-refractivity contribution is 0.414. The number of aromatic nitrogens is 2. The first kappa shape index (κ1) is 17.7. The zero-order chi connectivity index (χ0) is 18.5. The average Bonchev–Trinajstić information content (AvgIpc) is 2.73. The summed E-state index contributed by atoms with van der Waals surface area (Å²) in [5.41, 5.74) is 4.78. The van der Waals surface area contributed by atoms with E-state index < -0.39 is 0 Å². The second kappa shape index (κ2) is 8.31. The minimum Gasteiger partial charge on any atom is -0.371 e. The number of hydrogen-bond acceptors (Lipinski definition) is 4. The molecule has 2 aromatic carbocycles. The van der Waals surface area contributed by atoms with Gasteiger partial charge in [0.2, 0.25) is 0 Å². The third-order valence-electron chi connectivity index (χ3n) is 5.22. The maximum absolute atomic E-state index is 4.56. The lowest BCUT2D eigenvalue weighted by atomic mass is 10.0. The van der Waals surface area contributed by atoms with Crippen molar-refractivity contribution in [3.8, 4) is 11.3 Å². The number of piperidine rings is 1. The summed E-state index contributed by atoms with van der Waals surface area (Å²) in [5.74, 6) is 0.809. The highest BCUT2D eigenvalue weighted by molar-refractivity contribution is 5.65. The first-order valence-electron chi connectivity index (χ1n) is 9.70. The first-order valence-corrected chi connectivity index (χ1v) is 9.70. The van der Waals surface area contributed by atoms with E-state index in [1.165, 1.54) is 24.1 Å². The van der Waals surface area contributed by atoms with Crippen molar-refractivity contribution in [2.45, 2.75) is 32.4 Å². The van der Waals surface area contributed by atoms with Crippen LogP contribution in [0.4, 0.5) is 5.69 Å². The third kappa shape index (κ3) is 4.52. The SMILES string of the molecule is Cc1nccc(-c2cccc(N3CCC(NCc4ccccc4)CC3)c2)n1. The predicted molar refractivity (Wildman–Crippen MR) is 111 cm³/mol. The number of aryl methyl sites for hydroxylation is 1. The first-order chi connectivity index (χ1) is 13.3. The van der Waals surface area contributed by atoms with Gasteiger partial charge in [-0.2, -0.15) is 0 Å². The Morgan fingerprint density at radius 2 is 1.81 bits per heavy atom. The molecule has 1 aromatic heterocycles. The number of nitrogens with zero attached hydrogens (tertiary/aromatic N) is 3. The van der Waals surface area contributed by atoms with Crippen LogP contribution in [0.1, 0.15) is 24.2 Å². The molecule has 0 unspecified atom stereocenters. The van der Waals surface area contributed by atoms with E-state index in [1.807, 2.05) is 19.2 Å². The van der Waals surface area contributed by atoms with E-state index in [-0.39, 0.29) is 0 Å². The van der Waals surface area contributed by atoms with Crippen molar-refractivity contribution in [2.24, 2.45) is 0 Å². The van der Waals surface area contributed by atoms with Gasteiger partial charge in [-0.1, -0.05) is 42.5 Å². The number of hydrogen-bond donors (Lipinski definition) is 1. The number of benzene rings is 2. The van der Waals surface area contributed by atoms with Crippen LogP contribution in [0.2, 0.25) is 0 Å². The predicted octanol–water partition coefficient (Wildman–Crippen LogP) is 4.21. The molecule has 3 aromatic rings. The summed E-state index contributed by atoms with van der Waals surface area (Å²) in [6, 6.07) is 21.9. The van der Waals surface area contributed by atoms with E-state index in [0.717, 1.165) is 36.7 Å². The Hall–Kier alpha value is -2.72. The highest BCUT2D eigenvalue weighted by Gasteiger charge is 2.19. The van der Waals surface area contributed by atoms with Crippen molar-refractivity contribution in [3.05, 3.63) is 78.2 Å². The molecule has 4 nitrogen and oxygen atoms in total. The fraction of sp³-hybridized carbons (Fsp3) is 0.304. The van der Waals surface area contributed by atoms with Crippen molar-refractivity contribution >= 4 is 5.69 Å². The van der Waals surface area contributed by atoms with Crippen LogP contribution in [0, 0.1) is 6.92 Å². The summed E-state index contributed by atoms with van der Waals surface area (Å²) >= 11 is 0. The Balaban J connectivity index is 1.36. The monoisotopic (exact) mass is 358 g/mol. The Labute approximate surface area is 161 Å². The van der Waals surface area contributed by atoms with Gasteiger partial charge < -0.3 is 10.2 Å². The molecular weight excluding hydrogens is 332 g/mol. The van der Waals surface area contributed by atoms with E-state index in [2.05, 4.69) is 74.8 Å². The van der Waals surface area contributed by atoms with Crippen molar-refractivity contribution < 1.29 is 0 Å². The molecule has 4 heteroatoms. The topological polar surface area (TPSA) is 41.1 Å². The van der Waals surface area contributed by atoms with Crippen LogP contribution >= 0.6 is 0 Å². The molecule has 138 valence electrons. The van der Waals surface area contributed by atoms with Crippen molar-refractivity contribution in [1.82, 2.24) is 15.3 Å². The highest BCUT2D eigenvalue weighted by Crippen LogP contribution is 2.25. The zero-order valence-electron chi connectivity index (χ0n) is 15.8. The quantitative estimate of drug-likeness (QED) is 0.742. The van der Waals surface area contributed by atoms with E-state index in [1.54, 1.807) is 0 Å². The van der Waals surface area contributed by atoms with Gasteiger partial charge in [-0.15, -0.1) is 0 Å². The summed E-state index contributed by atoms with van der Waals surface area (Å²) in [6.07, 6.45) is 4.17. The molecule has 1 N–H and O–H groups in total. The van der Waals surface area contributed by atoms with Crippen LogP contribution in [-0.4, -0.2) is 29.1 Å².